The van der Waals surface area contributed by atoms with Gasteiger partial charge in [0.05, 0.1) is 17.4 Å². The molecule has 6 heteroatoms. The molecule has 1 aliphatic heterocycles. The van der Waals surface area contributed by atoms with Gasteiger partial charge in [0.25, 0.3) is 0 Å². The van der Waals surface area contributed by atoms with Gasteiger partial charge in [0.1, 0.15) is 11.4 Å². The third-order valence-corrected chi connectivity index (χ3v) is 5.86. The van der Waals surface area contributed by atoms with Crippen LogP contribution in [0.15, 0.2) is 66.7 Å². The number of benzene rings is 2. The minimum absolute atomic E-state index is 0.337. The zero-order chi connectivity index (χ0) is 21.9. The minimum Gasteiger partial charge on any atom is -0.439 e. The van der Waals surface area contributed by atoms with E-state index in [0.29, 0.717) is 11.9 Å². The third-order valence-electron chi connectivity index (χ3n) is 5.86. The normalized spacial score (nSPS) is 14.4. The predicted molar refractivity (Wildman–Crippen MR) is 126 cm³/mol. The second-order valence-corrected chi connectivity index (χ2v) is 8.31. The molecule has 2 aromatic carbocycles. The molecule has 1 saturated heterocycles. The van der Waals surface area contributed by atoms with Gasteiger partial charge in [-0.25, -0.2) is 9.67 Å². The third kappa shape index (κ3) is 4.27. The smallest absolute Gasteiger partial charge is 0.219 e. The van der Waals surface area contributed by atoms with Crippen LogP contribution < -0.4 is 10.1 Å². The van der Waals surface area contributed by atoms with E-state index in [1.807, 2.05) is 54.1 Å². The molecule has 0 amide bonds. The van der Waals surface area contributed by atoms with E-state index in [1.165, 1.54) is 0 Å². The molecule has 0 aliphatic carbocycles. The van der Waals surface area contributed by atoms with Gasteiger partial charge in [-0.3, -0.25) is 0 Å². The summed E-state index contributed by atoms with van der Waals surface area (Å²) in [5, 5.41) is 12.2. The summed E-state index contributed by atoms with van der Waals surface area (Å²) in [6.45, 7) is 6.06. The molecule has 162 valence electrons. The molecule has 6 nitrogen and oxygen atoms in total. The van der Waals surface area contributed by atoms with Gasteiger partial charge in [-0.15, -0.1) is 5.10 Å². The molecule has 0 bridgehead atoms. The van der Waals surface area contributed by atoms with Crippen LogP contribution in [0.3, 0.4) is 0 Å². The SMILES string of the molecule is Cc1cc(Oc2cccc(-c3c(C)nnn3C3CCNCC3)n2)cc(-c2ccccc2)c1. The summed E-state index contributed by atoms with van der Waals surface area (Å²) in [5.41, 5.74) is 6.11. The van der Waals surface area contributed by atoms with Crippen molar-refractivity contribution in [3.63, 3.8) is 0 Å². The second kappa shape index (κ2) is 8.93. The molecule has 1 fully saturated rings. The molecule has 5 rings (SSSR count). The van der Waals surface area contributed by atoms with Crippen molar-refractivity contribution < 1.29 is 4.74 Å². The lowest BCUT2D eigenvalue weighted by molar-refractivity contribution is 0.340. The van der Waals surface area contributed by atoms with Gasteiger partial charge in [-0.2, -0.15) is 0 Å². The van der Waals surface area contributed by atoms with Crippen molar-refractivity contribution in [1.82, 2.24) is 25.3 Å². The van der Waals surface area contributed by atoms with Gasteiger partial charge in [0, 0.05) is 6.07 Å². The van der Waals surface area contributed by atoms with E-state index in [4.69, 9.17) is 9.72 Å². The number of hydrogen-bond donors (Lipinski definition) is 1. The summed E-state index contributed by atoms with van der Waals surface area (Å²) in [5.74, 6) is 1.33. The number of nitrogens with one attached hydrogen (secondary N) is 1. The highest BCUT2D eigenvalue weighted by molar-refractivity contribution is 5.66. The van der Waals surface area contributed by atoms with Gasteiger partial charge < -0.3 is 10.1 Å². The first-order valence-corrected chi connectivity index (χ1v) is 11.1. The first-order valence-electron chi connectivity index (χ1n) is 11.1. The quantitative estimate of drug-likeness (QED) is 0.467. The fourth-order valence-corrected chi connectivity index (χ4v) is 4.31. The zero-order valence-corrected chi connectivity index (χ0v) is 18.5. The van der Waals surface area contributed by atoms with E-state index >= 15 is 0 Å². The largest absolute Gasteiger partial charge is 0.439 e. The molecule has 0 radical (unpaired) electrons. The first kappa shape index (κ1) is 20.4. The number of nitrogens with zero attached hydrogens (tertiary/aromatic N) is 4. The molecule has 0 atom stereocenters. The molecular formula is C26H27N5O. The maximum absolute atomic E-state index is 6.21. The Kier molecular flexibility index (Phi) is 5.69. The Morgan fingerprint density at radius 1 is 0.906 bits per heavy atom. The summed E-state index contributed by atoms with van der Waals surface area (Å²) in [7, 11) is 0. The average Bonchev–Trinajstić information content (AvgIpc) is 3.21. The molecule has 32 heavy (non-hydrogen) atoms. The van der Waals surface area contributed by atoms with Gasteiger partial charge in [-0.1, -0.05) is 47.7 Å². The van der Waals surface area contributed by atoms with Crippen molar-refractivity contribution in [3.05, 3.63) is 78.0 Å². The number of piperidine rings is 1. The molecule has 1 N–H and O–H groups in total. The maximum atomic E-state index is 6.21. The van der Waals surface area contributed by atoms with Crippen LogP contribution in [-0.4, -0.2) is 33.1 Å². The Bertz CT molecular complexity index is 1210. The molecule has 2 aromatic heterocycles. The molecule has 0 saturated carbocycles. The van der Waals surface area contributed by atoms with Crippen molar-refractivity contribution in [2.24, 2.45) is 0 Å². The van der Waals surface area contributed by atoms with E-state index in [-0.39, 0.29) is 0 Å². The molecule has 1 aliphatic rings. The molecule has 4 aromatic rings. The number of aryl methyl sites for hydroxylation is 2. The standard InChI is InChI=1S/C26H27N5O/c1-18-15-21(20-7-4-3-5-8-20)17-23(16-18)32-25-10-6-9-24(28-25)26-19(2)29-30-31(26)22-11-13-27-14-12-22/h3-10,15-17,22,27H,11-14H2,1-2H3. The van der Waals surface area contributed by atoms with Crippen LogP contribution in [0.25, 0.3) is 22.5 Å². The lowest BCUT2D eigenvalue weighted by atomic mass is 10.0. The Morgan fingerprint density at radius 3 is 2.53 bits per heavy atom. The first-order chi connectivity index (χ1) is 15.7. The molecule has 0 spiro atoms. The predicted octanol–water partition coefficient (Wildman–Crippen LogP) is 5.34. The summed E-state index contributed by atoms with van der Waals surface area (Å²) < 4.78 is 8.26. The van der Waals surface area contributed by atoms with Crippen LogP contribution in [-0.2, 0) is 0 Å². The van der Waals surface area contributed by atoms with E-state index < -0.39 is 0 Å². The minimum atomic E-state index is 0.337. The summed E-state index contributed by atoms with van der Waals surface area (Å²) in [4.78, 5) is 4.82. The van der Waals surface area contributed by atoms with Crippen LogP contribution in [0.4, 0.5) is 0 Å². The lowest BCUT2D eigenvalue weighted by Gasteiger charge is -2.24. The van der Waals surface area contributed by atoms with Crippen molar-refractivity contribution in [2.75, 3.05) is 13.1 Å². The Balaban J connectivity index is 1.45. The summed E-state index contributed by atoms with van der Waals surface area (Å²) in [6, 6.07) is 22.8. The van der Waals surface area contributed by atoms with Gasteiger partial charge in [-0.05, 0) is 74.7 Å². The van der Waals surface area contributed by atoms with Crippen molar-refractivity contribution >= 4 is 0 Å². The topological polar surface area (TPSA) is 64.9 Å². The van der Waals surface area contributed by atoms with Crippen molar-refractivity contribution in [2.45, 2.75) is 32.7 Å². The van der Waals surface area contributed by atoms with E-state index in [1.54, 1.807) is 0 Å². The highest BCUT2D eigenvalue weighted by Crippen LogP contribution is 2.31. The van der Waals surface area contributed by atoms with Crippen LogP contribution in [0.5, 0.6) is 11.6 Å². The van der Waals surface area contributed by atoms with Crippen molar-refractivity contribution in [3.8, 4) is 34.1 Å². The highest BCUT2D eigenvalue weighted by Gasteiger charge is 2.22. The van der Waals surface area contributed by atoms with E-state index in [0.717, 1.165) is 65.5 Å². The molecular weight excluding hydrogens is 398 g/mol. The zero-order valence-electron chi connectivity index (χ0n) is 18.5. The molecule has 0 unspecified atom stereocenters. The number of aromatic nitrogens is 4. The van der Waals surface area contributed by atoms with E-state index in [9.17, 15) is 0 Å². The van der Waals surface area contributed by atoms with Gasteiger partial charge in [0.2, 0.25) is 5.88 Å². The van der Waals surface area contributed by atoms with E-state index in [2.05, 4.69) is 46.8 Å². The maximum Gasteiger partial charge on any atom is 0.219 e. The van der Waals surface area contributed by atoms with Crippen molar-refractivity contribution in [1.29, 1.82) is 0 Å². The number of hydrogen-bond acceptors (Lipinski definition) is 5. The van der Waals surface area contributed by atoms with Gasteiger partial charge >= 0.3 is 0 Å². The highest BCUT2D eigenvalue weighted by atomic mass is 16.5. The number of pyridine rings is 1. The van der Waals surface area contributed by atoms with Crippen LogP contribution in [0.1, 0.15) is 30.1 Å². The average molecular weight is 426 g/mol. The fourth-order valence-electron chi connectivity index (χ4n) is 4.31. The fraction of sp³-hybridized carbons (Fsp3) is 0.269. The van der Waals surface area contributed by atoms with Crippen LogP contribution in [0, 0.1) is 13.8 Å². The Hall–Kier alpha value is -3.51. The number of rotatable bonds is 5. The van der Waals surface area contributed by atoms with Crippen LogP contribution in [0.2, 0.25) is 0 Å². The monoisotopic (exact) mass is 425 g/mol. The molecule has 3 heterocycles. The Labute approximate surface area is 188 Å². The lowest BCUT2D eigenvalue weighted by Crippen LogP contribution is -2.30. The van der Waals surface area contributed by atoms with Crippen LogP contribution >= 0.6 is 0 Å². The number of ether oxygens (including phenoxy) is 1. The van der Waals surface area contributed by atoms with Gasteiger partial charge in [0.15, 0.2) is 0 Å². The second-order valence-electron chi connectivity index (χ2n) is 8.31. The summed E-state index contributed by atoms with van der Waals surface area (Å²) >= 11 is 0. The summed E-state index contributed by atoms with van der Waals surface area (Å²) in [6.07, 6.45) is 2.08. The Morgan fingerprint density at radius 2 is 1.72 bits per heavy atom.